The number of aliphatic hydroxyl groups is 1. The molecule has 1 aromatic rings. The van der Waals surface area contributed by atoms with Crippen molar-refractivity contribution in [1.82, 2.24) is 5.32 Å². The first-order valence-corrected chi connectivity index (χ1v) is 5.62. The van der Waals surface area contributed by atoms with E-state index in [2.05, 4.69) is 17.9 Å². The van der Waals surface area contributed by atoms with E-state index in [1.165, 1.54) is 0 Å². The highest BCUT2D eigenvalue weighted by Crippen LogP contribution is 2.12. The second kappa shape index (κ2) is 5.37. The Hall–Kier alpha value is -1.00. The third kappa shape index (κ3) is 3.87. The van der Waals surface area contributed by atoms with E-state index in [0.717, 1.165) is 4.90 Å². The van der Waals surface area contributed by atoms with Crippen molar-refractivity contribution < 1.29 is 9.90 Å². The number of thiol groups is 1. The molecule has 0 atom stereocenters. The van der Waals surface area contributed by atoms with Gasteiger partial charge in [0, 0.05) is 22.6 Å². The summed E-state index contributed by atoms with van der Waals surface area (Å²) < 4.78 is 0. The van der Waals surface area contributed by atoms with Crippen molar-refractivity contribution in [3.63, 3.8) is 0 Å². The predicted octanol–water partition coefficient (Wildman–Crippen LogP) is 1.87. The Kier molecular flexibility index (Phi) is 4.38. The zero-order valence-corrected chi connectivity index (χ0v) is 10.4. The molecule has 0 aliphatic heterocycles. The quantitative estimate of drug-likeness (QED) is 0.702. The average molecular weight is 239 g/mol. The van der Waals surface area contributed by atoms with Crippen molar-refractivity contribution in [1.29, 1.82) is 0 Å². The summed E-state index contributed by atoms with van der Waals surface area (Å²) in [7, 11) is 0. The van der Waals surface area contributed by atoms with Gasteiger partial charge in [-0.25, -0.2) is 0 Å². The summed E-state index contributed by atoms with van der Waals surface area (Å²) in [4.78, 5) is 12.6. The van der Waals surface area contributed by atoms with Crippen molar-refractivity contribution in [2.45, 2.75) is 30.7 Å². The van der Waals surface area contributed by atoms with Crippen LogP contribution in [-0.2, 0) is 0 Å². The van der Waals surface area contributed by atoms with Gasteiger partial charge in [0.2, 0.25) is 0 Å². The summed E-state index contributed by atoms with van der Waals surface area (Å²) in [5, 5.41) is 11.7. The fourth-order valence-corrected chi connectivity index (χ4v) is 1.59. The first kappa shape index (κ1) is 13.1. The first-order chi connectivity index (χ1) is 7.44. The standard InChI is InChI=1S/C12H17NO2S/c1-12(2,6-7-14)13-11(15)9-4-3-5-10(16)8-9/h3-5,8,14,16H,6-7H2,1-2H3,(H,13,15). The minimum Gasteiger partial charge on any atom is -0.396 e. The number of benzene rings is 1. The van der Waals surface area contributed by atoms with Crippen LogP contribution < -0.4 is 5.32 Å². The molecule has 0 fully saturated rings. The maximum absolute atomic E-state index is 11.9. The summed E-state index contributed by atoms with van der Waals surface area (Å²) in [5.41, 5.74) is 0.178. The predicted molar refractivity (Wildman–Crippen MR) is 66.9 cm³/mol. The molecule has 1 aromatic carbocycles. The number of hydrogen-bond acceptors (Lipinski definition) is 3. The van der Waals surface area contributed by atoms with E-state index in [1.54, 1.807) is 18.2 Å². The molecule has 0 aliphatic carbocycles. The van der Waals surface area contributed by atoms with Crippen LogP contribution in [0.25, 0.3) is 0 Å². The molecule has 4 heteroatoms. The van der Waals surface area contributed by atoms with Crippen LogP contribution in [0.2, 0.25) is 0 Å². The van der Waals surface area contributed by atoms with E-state index in [9.17, 15) is 4.79 Å². The molecule has 0 unspecified atom stereocenters. The molecule has 3 nitrogen and oxygen atoms in total. The Morgan fingerprint density at radius 3 is 2.75 bits per heavy atom. The third-order valence-corrected chi connectivity index (χ3v) is 2.58. The summed E-state index contributed by atoms with van der Waals surface area (Å²) in [6.07, 6.45) is 0.527. The van der Waals surface area contributed by atoms with E-state index in [1.807, 2.05) is 19.9 Å². The Morgan fingerprint density at radius 1 is 1.50 bits per heavy atom. The Morgan fingerprint density at radius 2 is 2.19 bits per heavy atom. The van der Waals surface area contributed by atoms with Crippen molar-refractivity contribution in [3.05, 3.63) is 29.8 Å². The highest BCUT2D eigenvalue weighted by atomic mass is 32.1. The lowest BCUT2D eigenvalue weighted by molar-refractivity contribution is 0.0899. The molecule has 0 heterocycles. The molecule has 0 bridgehead atoms. The zero-order valence-electron chi connectivity index (χ0n) is 9.53. The number of nitrogens with one attached hydrogen (secondary N) is 1. The first-order valence-electron chi connectivity index (χ1n) is 5.17. The normalized spacial score (nSPS) is 11.2. The number of aliphatic hydroxyl groups excluding tert-OH is 1. The second-order valence-corrected chi connectivity index (χ2v) is 4.88. The van der Waals surface area contributed by atoms with Crippen LogP contribution in [0.4, 0.5) is 0 Å². The van der Waals surface area contributed by atoms with Gasteiger partial charge in [0.25, 0.3) is 5.91 Å². The highest BCUT2D eigenvalue weighted by Gasteiger charge is 2.20. The molecule has 1 amide bonds. The molecule has 0 saturated heterocycles. The molecular formula is C12H17NO2S. The third-order valence-electron chi connectivity index (χ3n) is 2.30. The van der Waals surface area contributed by atoms with Crippen LogP contribution in [0.15, 0.2) is 29.2 Å². The van der Waals surface area contributed by atoms with Gasteiger partial charge < -0.3 is 10.4 Å². The Labute approximate surface area is 101 Å². The fourth-order valence-electron chi connectivity index (χ4n) is 1.37. The molecule has 2 N–H and O–H groups in total. The maximum Gasteiger partial charge on any atom is 0.251 e. The maximum atomic E-state index is 11.9. The van der Waals surface area contributed by atoms with Gasteiger partial charge in [0.15, 0.2) is 0 Å². The zero-order chi connectivity index (χ0) is 12.2. The van der Waals surface area contributed by atoms with Crippen LogP contribution in [0.3, 0.4) is 0 Å². The van der Waals surface area contributed by atoms with E-state index >= 15 is 0 Å². The molecule has 0 aromatic heterocycles. The number of rotatable bonds is 4. The monoisotopic (exact) mass is 239 g/mol. The SMILES string of the molecule is CC(C)(CCO)NC(=O)c1cccc(S)c1. The number of amides is 1. The molecular weight excluding hydrogens is 222 g/mol. The number of carbonyl (C=O) groups is 1. The average Bonchev–Trinajstić information content (AvgIpc) is 2.16. The van der Waals surface area contributed by atoms with Crippen LogP contribution in [-0.4, -0.2) is 23.2 Å². The largest absolute Gasteiger partial charge is 0.396 e. The Balaban J connectivity index is 2.72. The minimum absolute atomic E-state index is 0.0554. The molecule has 0 spiro atoms. The van der Waals surface area contributed by atoms with Crippen molar-refractivity contribution in [3.8, 4) is 0 Å². The van der Waals surface area contributed by atoms with E-state index in [-0.39, 0.29) is 12.5 Å². The summed E-state index contributed by atoms with van der Waals surface area (Å²) >= 11 is 4.18. The van der Waals surface area contributed by atoms with Crippen molar-refractivity contribution >= 4 is 18.5 Å². The van der Waals surface area contributed by atoms with Gasteiger partial charge >= 0.3 is 0 Å². The minimum atomic E-state index is -0.404. The Bertz CT molecular complexity index is 377. The van der Waals surface area contributed by atoms with Crippen LogP contribution in [0.5, 0.6) is 0 Å². The fraction of sp³-hybridized carbons (Fsp3) is 0.417. The number of hydrogen-bond donors (Lipinski definition) is 3. The lowest BCUT2D eigenvalue weighted by Gasteiger charge is -2.25. The summed E-state index contributed by atoms with van der Waals surface area (Å²) in [5.74, 6) is -0.144. The van der Waals surface area contributed by atoms with Gasteiger partial charge in [-0.15, -0.1) is 12.6 Å². The van der Waals surface area contributed by atoms with Gasteiger partial charge in [0.1, 0.15) is 0 Å². The topological polar surface area (TPSA) is 49.3 Å². The van der Waals surface area contributed by atoms with Gasteiger partial charge in [-0.2, -0.15) is 0 Å². The summed E-state index contributed by atoms with van der Waals surface area (Å²) in [6, 6.07) is 7.06. The lowest BCUT2D eigenvalue weighted by Crippen LogP contribution is -2.44. The van der Waals surface area contributed by atoms with Crippen LogP contribution >= 0.6 is 12.6 Å². The van der Waals surface area contributed by atoms with Gasteiger partial charge in [-0.1, -0.05) is 6.07 Å². The van der Waals surface area contributed by atoms with Crippen LogP contribution in [0.1, 0.15) is 30.6 Å². The van der Waals surface area contributed by atoms with Crippen molar-refractivity contribution in [2.75, 3.05) is 6.61 Å². The molecule has 88 valence electrons. The van der Waals surface area contributed by atoms with Crippen LogP contribution in [0, 0.1) is 0 Å². The highest BCUT2D eigenvalue weighted by molar-refractivity contribution is 7.80. The van der Waals surface area contributed by atoms with Crippen molar-refractivity contribution in [2.24, 2.45) is 0 Å². The second-order valence-electron chi connectivity index (χ2n) is 4.36. The molecule has 1 rings (SSSR count). The van der Waals surface area contributed by atoms with Gasteiger partial charge in [-0.3, -0.25) is 4.79 Å². The molecule has 0 aliphatic rings. The number of carbonyl (C=O) groups excluding carboxylic acids is 1. The molecule has 0 radical (unpaired) electrons. The van der Waals surface area contributed by atoms with Gasteiger partial charge in [-0.05, 0) is 38.5 Å². The summed E-state index contributed by atoms with van der Waals surface area (Å²) in [6.45, 7) is 3.82. The molecule has 0 saturated carbocycles. The van der Waals surface area contributed by atoms with Gasteiger partial charge in [0.05, 0.1) is 0 Å². The van der Waals surface area contributed by atoms with E-state index in [4.69, 9.17) is 5.11 Å². The van der Waals surface area contributed by atoms with E-state index < -0.39 is 5.54 Å². The van der Waals surface area contributed by atoms with E-state index in [0.29, 0.717) is 12.0 Å². The smallest absolute Gasteiger partial charge is 0.251 e. The molecule has 16 heavy (non-hydrogen) atoms. The lowest BCUT2D eigenvalue weighted by atomic mass is 10.0.